The first kappa shape index (κ1) is 16.4. The quantitative estimate of drug-likeness (QED) is 0.755. The molecule has 3 aromatic heterocycles. The summed E-state index contributed by atoms with van der Waals surface area (Å²) in [6.07, 6.45) is 8.01. The number of piperidine rings is 1. The molecule has 1 fully saturated rings. The summed E-state index contributed by atoms with van der Waals surface area (Å²) in [5, 5.41) is 11.0. The first-order chi connectivity index (χ1) is 12.8. The summed E-state index contributed by atoms with van der Waals surface area (Å²) in [6, 6.07) is 5.63. The zero-order valence-electron chi connectivity index (χ0n) is 14.3. The highest BCUT2D eigenvalue weighted by molar-refractivity contribution is 5.76. The van der Waals surface area contributed by atoms with Gasteiger partial charge in [0.05, 0.1) is 0 Å². The Hall–Kier alpha value is -3.03. The molecule has 3 aromatic rings. The number of carbonyl (C=O) groups is 1. The maximum Gasteiger partial charge on any atom is 0.227 e. The third-order valence-corrected chi connectivity index (χ3v) is 4.70. The van der Waals surface area contributed by atoms with Crippen molar-refractivity contribution in [2.75, 3.05) is 13.1 Å². The fourth-order valence-electron chi connectivity index (χ4n) is 3.30. The number of aryl methyl sites for hydroxylation is 1. The number of nitrogens with zero attached hydrogens (tertiary/aromatic N) is 5. The molecule has 0 saturated carbocycles. The van der Waals surface area contributed by atoms with Crippen LogP contribution in [0.1, 0.15) is 36.8 Å². The molecule has 134 valence electrons. The smallest absolute Gasteiger partial charge is 0.227 e. The van der Waals surface area contributed by atoms with Crippen LogP contribution in [0, 0.1) is 0 Å². The van der Waals surface area contributed by atoms with E-state index in [0.717, 1.165) is 37.2 Å². The Morgan fingerprint density at radius 2 is 2.15 bits per heavy atom. The zero-order valence-corrected chi connectivity index (χ0v) is 14.3. The van der Waals surface area contributed by atoms with Gasteiger partial charge in [0.1, 0.15) is 0 Å². The predicted octanol–water partition coefficient (Wildman–Crippen LogP) is 2.19. The number of hydrogen-bond donors (Lipinski definition) is 1. The number of pyridine rings is 1. The van der Waals surface area contributed by atoms with Crippen molar-refractivity contribution in [3.8, 4) is 11.4 Å². The maximum absolute atomic E-state index is 12.6. The zero-order chi connectivity index (χ0) is 17.8. The summed E-state index contributed by atoms with van der Waals surface area (Å²) in [5.41, 5.74) is 1.95. The Morgan fingerprint density at radius 3 is 2.96 bits per heavy atom. The molecular formula is C18H20N6O2. The van der Waals surface area contributed by atoms with E-state index in [2.05, 4.69) is 25.3 Å². The van der Waals surface area contributed by atoms with Crippen molar-refractivity contribution < 1.29 is 9.32 Å². The minimum absolute atomic E-state index is 0.123. The molecule has 0 radical (unpaired) electrons. The number of aromatic nitrogens is 5. The third-order valence-electron chi connectivity index (χ3n) is 4.70. The number of likely N-dealkylation sites (tertiary alicyclic amines) is 1. The number of rotatable bonds is 5. The highest BCUT2D eigenvalue weighted by Crippen LogP contribution is 2.25. The molecule has 0 aliphatic carbocycles. The van der Waals surface area contributed by atoms with Gasteiger partial charge in [-0.25, -0.2) is 0 Å². The number of carbonyl (C=O) groups excluding carboxylic acids is 1. The molecule has 1 atom stereocenters. The Bertz CT molecular complexity index is 846. The molecule has 0 unspecified atom stereocenters. The van der Waals surface area contributed by atoms with Gasteiger partial charge in [-0.3, -0.25) is 14.9 Å². The highest BCUT2D eigenvalue weighted by Gasteiger charge is 2.25. The number of amides is 1. The first-order valence-corrected chi connectivity index (χ1v) is 8.79. The van der Waals surface area contributed by atoms with E-state index in [1.165, 1.54) is 0 Å². The fraction of sp³-hybridized carbons (Fsp3) is 0.389. The third kappa shape index (κ3) is 3.63. The average Bonchev–Trinajstić information content (AvgIpc) is 3.39. The lowest BCUT2D eigenvalue weighted by atomic mass is 9.94. The molecule has 26 heavy (non-hydrogen) atoms. The number of nitrogens with one attached hydrogen (secondary N) is 1. The van der Waals surface area contributed by atoms with E-state index in [-0.39, 0.29) is 5.91 Å². The number of aromatic amines is 1. The summed E-state index contributed by atoms with van der Waals surface area (Å²) in [4.78, 5) is 22.8. The summed E-state index contributed by atoms with van der Waals surface area (Å²) in [7, 11) is 0. The van der Waals surface area contributed by atoms with Crippen molar-refractivity contribution in [1.82, 2.24) is 30.2 Å². The predicted molar refractivity (Wildman–Crippen MR) is 93.0 cm³/mol. The van der Waals surface area contributed by atoms with E-state index >= 15 is 0 Å². The van der Waals surface area contributed by atoms with Crippen LogP contribution in [0.3, 0.4) is 0 Å². The second-order valence-electron chi connectivity index (χ2n) is 6.44. The lowest BCUT2D eigenvalue weighted by Crippen LogP contribution is -2.39. The Morgan fingerprint density at radius 1 is 1.27 bits per heavy atom. The standard InChI is InChI=1S/C18H20N6O2/c25-17(24-11-1-2-14(12-24)15-7-10-20-22-15)4-3-16-21-18(23-26-16)13-5-8-19-9-6-13/h5-10,14H,1-4,11-12H2,(H,20,22)/t14-/m0/s1. The van der Waals surface area contributed by atoms with Gasteiger partial charge in [-0.15, -0.1) is 0 Å². The summed E-state index contributed by atoms with van der Waals surface area (Å²) in [5.74, 6) is 1.45. The SMILES string of the molecule is O=C(CCc1nc(-c2ccncc2)no1)N1CCC[C@H](c2ccn[nH]2)C1. The van der Waals surface area contributed by atoms with Gasteiger partial charge in [0.15, 0.2) is 0 Å². The van der Waals surface area contributed by atoms with Crippen molar-refractivity contribution in [3.05, 3.63) is 48.4 Å². The van der Waals surface area contributed by atoms with Gasteiger partial charge in [-0.05, 0) is 31.0 Å². The molecule has 8 heteroatoms. The first-order valence-electron chi connectivity index (χ1n) is 8.79. The molecule has 1 aliphatic rings. The Kier molecular flexibility index (Phi) is 4.72. The van der Waals surface area contributed by atoms with E-state index in [1.807, 2.05) is 23.1 Å². The molecule has 0 aromatic carbocycles. The molecule has 0 bridgehead atoms. The molecule has 4 heterocycles. The minimum atomic E-state index is 0.123. The van der Waals surface area contributed by atoms with Crippen molar-refractivity contribution in [1.29, 1.82) is 0 Å². The van der Waals surface area contributed by atoms with Gasteiger partial charge in [0.25, 0.3) is 0 Å². The monoisotopic (exact) mass is 352 g/mol. The molecule has 0 spiro atoms. The normalized spacial score (nSPS) is 17.4. The summed E-state index contributed by atoms with van der Waals surface area (Å²) in [6.45, 7) is 1.53. The Labute approximate surface area is 150 Å². The van der Waals surface area contributed by atoms with E-state index in [0.29, 0.717) is 30.5 Å². The molecule has 1 saturated heterocycles. The average molecular weight is 352 g/mol. The molecule has 8 nitrogen and oxygen atoms in total. The molecule has 1 N–H and O–H groups in total. The van der Waals surface area contributed by atoms with Gasteiger partial charge in [0, 0.05) is 61.7 Å². The number of H-pyrrole nitrogens is 1. The second kappa shape index (κ2) is 7.47. The fourth-order valence-corrected chi connectivity index (χ4v) is 3.30. The summed E-state index contributed by atoms with van der Waals surface area (Å²) < 4.78 is 5.27. The van der Waals surface area contributed by atoms with Crippen molar-refractivity contribution in [2.24, 2.45) is 0 Å². The van der Waals surface area contributed by atoms with Crippen LogP contribution >= 0.6 is 0 Å². The largest absolute Gasteiger partial charge is 0.342 e. The molecule has 1 aliphatic heterocycles. The summed E-state index contributed by atoms with van der Waals surface area (Å²) >= 11 is 0. The van der Waals surface area contributed by atoms with Crippen LogP contribution in [0.15, 0.2) is 41.3 Å². The molecule has 1 amide bonds. The van der Waals surface area contributed by atoms with Crippen molar-refractivity contribution in [3.63, 3.8) is 0 Å². The minimum Gasteiger partial charge on any atom is -0.342 e. The lowest BCUT2D eigenvalue weighted by molar-refractivity contribution is -0.132. The molecular weight excluding hydrogens is 332 g/mol. The van der Waals surface area contributed by atoms with Gasteiger partial charge in [0.2, 0.25) is 17.6 Å². The maximum atomic E-state index is 12.6. The van der Waals surface area contributed by atoms with E-state index in [4.69, 9.17) is 4.52 Å². The Balaban J connectivity index is 1.33. The van der Waals surface area contributed by atoms with Crippen molar-refractivity contribution in [2.45, 2.75) is 31.6 Å². The van der Waals surface area contributed by atoms with Crippen LogP contribution in [0.2, 0.25) is 0 Å². The van der Waals surface area contributed by atoms with Gasteiger partial charge >= 0.3 is 0 Å². The van der Waals surface area contributed by atoms with Gasteiger partial charge < -0.3 is 9.42 Å². The second-order valence-corrected chi connectivity index (χ2v) is 6.44. The van der Waals surface area contributed by atoms with Crippen LogP contribution < -0.4 is 0 Å². The van der Waals surface area contributed by atoms with E-state index < -0.39 is 0 Å². The van der Waals surface area contributed by atoms with Crippen LogP contribution in [0.25, 0.3) is 11.4 Å². The van der Waals surface area contributed by atoms with Crippen LogP contribution in [0.4, 0.5) is 0 Å². The van der Waals surface area contributed by atoms with Crippen LogP contribution in [0.5, 0.6) is 0 Å². The van der Waals surface area contributed by atoms with Crippen LogP contribution in [-0.4, -0.2) is 49.2 Å². The lowest BCUT2D eigenvalue weighted by Gasteiger charge is -2.32. The van der Waals surface area contributed by atoms with E-state index in [1.54, 1.807) is 18.6 Å². The molecule has 4 rings (SSSR count). The van der Waals surface area contributed by atoms with Gasteiger partial charge in [-0.1, -0.05) is 5.16 Å². The van der Waals surface area contributed by atoms with Crippen molar-refractivity contribution >= 4 is 5.91 Å². The van der Waals surface area contributed by atoms with Crippen LogP contribution in [-0.2, 0) is 11.2 Å². The number of hydrogen-bond acceptors (Lipinski definition) is 6. The van der Waals surface area contributed by atoms with E-state index in [9.17, 15) is 4.79 Å². The highest BCUT2D eigenvalue weighted by atomic mass is 16.5. The topological polar surface area (TPSA) is 101 Å². The van der Waals surface area contributed by atoms with Gasteiger partial charge in [-0.2, -0.15) is 10.1 Å².